The van der Waals surface area contributed by atoms with Gasteiger partial charge in [-0.15, -0.1) is 0 Å². The van der Waals surface area contributed by atoms with E-state index in [1.165, 1.54) is 82.4 Å². The molecule has 2 aliphatic carbocycles. The van der Waals surface area contributed by atoms with Gasteiger partial charge in [0, 0.05) is 49.0 Å². The maximum atomic E-state index is 5.34. The molecule has 5 nitrogen and oxygen atoms in total. The maximum absolute atomic E-state index is 5.34. The molecule has 13 aromatic rings. The summed E-state index contributed by atoms with van der Waals surface area (Å²) in [5.41, 5.74) is 17.2. The van der Waals surface area contributed by atoms with Gasteiger partial charge < -0.3 is 8.80 Å². The lowest BCUT2D eigenvalue weighted by atomic mass is 9.70. The van der Waals surface area contributed by atoms with E-state index in [0.29, 0.717) is 17.5 Å². The van der Waals surface area contributed by atoms with Gasteiger partial charge in [0.2, 0.25) is 0 Å². The van der Waals surface area contributed by atoms with E-state index in [0.717, 1.165) is 33.1 Å². The third-order valence-electron chi connectivity index (χ3n) is 14.1. The summed E-state index contributed by atoms with van der Waals surface area (Å²) in [5.74, 6) is 1.92. The summed E-state index contributed by atoms with van der Waals surface area (Å²) in [5, 5.41) is 7.36. The molecule has 4 heterocycles. The third-order valence-corrected chi connectivity index (χ3v) is 14.1. The zero-order chi connectivity index (χ0) is 41.0. The minimum atomic E-state index is -0.520. The number of fused-ring (bicyclic) bond motifs is 15. The van der Waals surface area contributed by atoms with Gasteiger partial charge in [0.15, 0.2) is 17.5 Å². The fraction of sp³-hybridized carbons (Fsp3) is 0.0172. The standard InChI is InChI=1S/C58H33N5/c1-3-16-34(17-4-1)55-59-56(35-18-5-2-6-19-35)61-57(60-55)42-25-13-23-40-41-32-33-46-51-50-45(58(46)43-26-10-7-20-36(43)37-21-8-11-27-44(37)58)28-15-30-48(50)62-47-29-12-9-22-38(47)39-24-14-31-49(53(39)62)63(52(40)42)54(41)51/h1-33H. The Balaban J connectivity index is 1.20. The Labute approximate surface area is 360 Å². The molecule has 0 atom stereocenters. The second kappa shape index (κ2) is 11.9. The van der Waals surface area contributed by atoms with E-state index in [4.69, 9.17) is 15.0 Å². The summed E-state index contributed by atoms with van der Waals surface area (Å²) in [6.07, 6.45) is 0. The van der Waals surface area contributed by atoms with Gasteiger partial charge in [-0.2, -0.15) is 0 Å². The summed E-state index contributed by atoms with van der Waals surface area (Å²) in [6, 6.07) is 72.9. The highest BCUT2D eigenvalue weighted by Gasteiger charge is 2.51. The fourth-order valence-electron chi connectivity index (χ4n) is 11.8. The van der Waals surface area contributed by atoms with Crippen LogP contribution in [0, 0.1) is 0 Å². The second-order valence-electron chi connectivity index (χ2n) is 17.0. The Kier molecular flexibility index (Phi) is 6.30. The van der Waals surface area contributed by atoms with Crippen molar-refractivity contribution >= 4 is 65.4 Å². The summed E-state index contributed by atoms with van der Waals surface area (Å²) in [7, 11) is 0. The zero-order valence-corrected chi connectivity index (χ0v) is 33.8. The molecule has 15 rings (SSSR count). The van der Waals surface area contributed by atoms with E-state index in [1.807, 2.05) is 36.4 Å². The zero-order valence-electron chi connectivity index (χ0n) is 33.8. The van der Waals surface area contributed by atoms with Crippen molar-refractivity contribution in [3.8, 4) is 45.3 Å². The van der Waals surface area contributed by atoms with Crippen LogP contribution in [0.15, 0.2) is 200 Å². The Bertz CT molecular complexity index is 4040. The molecular formula is C58H33N5. The molecule has 1 spiro atoms. The largest absolute Gasteiger partial charge is 0.307 e. The third kappa shape index (κ3) is 4.05. The first-order valence-electron chi connectivity index (χ1n) is 21.6. The van der Waals surface area contributed by atoms with Crippen molar-refractivity contribution < 1.29 is 0 Å². The highest BCUT2D eigenvalue weighted by atomic mass is 15.0. The van der Waals surface area contributed by atoms with Crippen molar-refractivity contribution in [2.24, 2.45) is 0 Å². The number of nitrogens with zero attached hydrogens (tertiary/aromatic N) is 5. The van der Waals surface area contributed by atoms with Gasteiger partial charge in [0.1, 0.15) is 0 Å². The predicted molar refractivity (Wildman–Crippen MR) is 256 cm³/mol. The number of aromatic nitrogens is 5. The summed E-state index contributed by atoms with van der Waals surface area (Å²) in [4.78, 5) is 15.8. The molecule has 0 fully saturated rings. The maximum Gasteiger partial charge on any atom is 0.166 e. The lowest BCUT2D eigenvalue weighted by molar-refractivity contribution is 0.797. The normalized spacial score (nSPS) is 13.5. The van der Waals surface area contributed by atoms with Crippen LogP contribution in [0.1, 0.15) is 22.3 Å². The van der Waals surface area contributed by atoms with Crippen LogP contribution in [0.25, 0.3) is 111 Å². The van der Waals surface area contributed by atoms with Crippen molar-refractivity contribution in [3.63, 3.8) is 0 Å². The van der Waals surface area contributed by atoms with Gasteiger partial charge in [-0.1, -0.05) is 176 Å². The summed E-state index contributed by atoms with van der Waals surface area (Å²) >= 11 is 0. The fourth-order valence-corrected chi connectivity index (χ4v) is 11.8. The van der Waals surface area contributed by atoms with Crippen LogP contribution in [-0.4, -0.2) is 23.8 Å². The highest BCUT2D eigenvalue weighted by Crippen LogP contribution is 2.63. The van der Waals surface area contributed by atoms with E-state index >= 15 is 0 Å². The molecule has 4 aromatic heterocycles. The molecular weight excluding hydrogens is 767 g/mol. The SMILES string of the molecule is c1ccc(-c2nc(-c3ccccc3)nc(-c3cccc4c5ccc6c7c8c(cccc8n8c9ccccc9c9cccc(c98)n(c34)c57)C63c4ccccc4-c4ccccc43)n2)cc1. The molecule has 0 aliphatic heterocycles. The lowest BCUT2D eigenvalue weighted by Crippen LogP contribution is -2.26. The molecule has 0 unspecified atom stereocenters. The molecule has 0 amide bonds. The van der Waals surface area contributed by atoms with Crippen LogP contribution in [0.4, 0.5) is 0 Å². The van der Waals surface area contributed by atoms with Crippen molar-refractivity contribution in [1.29, 1.82) is 0 Å². The first-order chi connectivity index (χ1) is 31.3. The molecule has 290 valence electrons. The van der Waals surface area contributed by atoms with Gasteiger partial charge in [0.25, 0.3) is 0 Å². The average Bonchev–Trinajstić information content (AvgIpc) is 4.06. The van der Waals surface area contributed by atoms with Crippen LogP contribution in [0.2, 0.25) is 0 Å². The van der Waals surface area contributed by atoms with Crippen molar-refractivity contribution in [2.45, 2.75) is 5.41 Å². The van der Waals surface area contributed by atoms with Gasteiger partial charge in [-0.25, -0.2) is 15.0 Å². The van der Waals surface area contributed by atoms with Gasteiger partial charge >= 0.3 is 0 Å². The summed E-state index contributed by atoms with van der Waals surface area (Å²) < 4.78 is 5.12. The quantitative estimate of drug-likeness (QED) is 0.179. The van der Waals surface area contributed by atoms with Crippen LogP contribution in [0.5, 0.6) is 0 Å². The van der Waals surface area contributed by atoms with Crippen LogP contribution < -0.4 is 0 Å². The average molecular weight is 800 g/mol. The van der Waals surface area contributed by atoms with Gasteiger partial charge in [0.05, 0.1) is 38.5 Å². The molecule has 0 bridgehead atoms. The van der Waals surface area contributed by atoms with E-state index in [9.17, 15) is 0 Å². The molecule has 9 aromatic carbocycles. The number of hydrogen-bond acceptors (Lipinski definition) is 3. The Morgan fingerprint density at radius 2 is 0.778 bits per heavy atom. The minimum Gasteiger partial charge on any atom is -0.307 e. The van der Waals surface area contributed by atoms with Crippen molar-refractivity contribution in [1.82, 2.24) is 23.8 Å². The van der Waals surface area contributed by atoms with E-state index < -0.39 is 5.41 Å². The Morgan fingerprint density at radius 1 is 0.286 bits per heavy atom. The van der Waals surface area contributed by atoms with Crippen LogP contribution >= 0.6 is 0 Å². The number of hydrogen-bond donors (Lipinski definition) is 0. The van der Waals surface area contributed by atoms with E-state index in [1.54, 1.807) is 0 Å². The first kappa shape index (κ1) is 33.3. The van der Waals surface area contributed by atoms with Crippen molar-refractivity contribution in [3.05, 3.63) is 222 Å². The van der Waals surface area contributed by atoms with Crippen molar-refractivity contribution in [2.75, 3.05) is 0 Å². The molecule has 0 saturated carbocycles. The Morgan fingerprint density at radius 3 is 1.51 bits per heavy atom. The van der Waals surface area contributed by atoms with Crippen LogP contribution in [-0.2, 0) is 5.41 Å². The lowest BCUT2D eigenvalue weighted by Gasteiger charge is -2.30. The highest BCUT2D eigenvalue weighted by molar-refractivity contribution is 6.28. The van der Waals surface area contributed by atoms with Crippen LogP contribution in [0.3, 0.4) is 0 Å². The molecule has 0 radical (unpaired) electrons. The molecule has 5 heteroatoms. The number of benzene rings is 9. The predicted octanol–water partition coefficient (Wildman–Crippen LogP) is 13.8. The van der Waals surface area contributed by atoms with E-state index in [2.05, 4.69) is 173 Å². The van der Waals surface area contributed by atoms with Gasteiger partial charge in [-0.05, 0) is 57.6 Å². The number of rotatable bonds is 3. The molecule has 2 aliphatic rings. The second-order valence-corrected chi connectivity index (χ2v) is 17.0. The minimum absolute atomic E-state index is 0.520. The number of para-hydroxylation sites is 3. The van der Waals surface area contributed by atoms with Gasteiger partial charge in [-0.3, -0.25) is 0 Å². The molecule has 0 saturated heterocycles. The topological polar surface area (TPSA) is 47.5 Å². The molecule has 0 N–H and O–H groups in total. The monoisotopic (exact) mass is 799 g/mol. The smallest absolute Gasteiger partial charge is 0.166 e. The first-order valence-corrected chi connectivity index (χ1v) is 21.6. The van der Waals surface area contributed by atoms with E-state index in [-0.39, 0.29) is 0 Å². The molecule has 63 heavy (non-hydrogen) atoms. The Hall–Kier alpha value is -8.41. The summed E-state index contributed by atoms with van der Waals surface area (Å²) in [6.45, 7) is 0.